The van der Waals surface area contributed by atoms with E-state index in [0.29, 0.717) is 16.9 Å². The maximum Gasteiger partial charge on any atom is 0.226 e. The fourth-order valence-corrected chi connectivity index (χ4v) is 9.99. The Bertz CT molecular complexity index is 1120. The molecule has 3 saturated carbocycles. The van der Waals surface area contributed by atoms with Gasteiger partial charge in [0.25, 0.3) is 0 Å². The Morgan fingerprint density at radius 1 is 1.03 bits per heavy atom. The molecule has 0 radical (unpaired) electrons. The van der Waals surface area contributed by atoms with Gasteiger partial charge in [0.15, 0.2) is 0 Å². The number of hydrogen-bond acceptors (Lipinski definition) is 4. The summed E-state index contributed by atoms with van der Waals surface area (Å²) in [6, 6.07) is 13.1. The first kappa shape index (κ1) is 19.4. The van der Waals surface area contributed by atoms with Gasteiger partial charge in [-0.1, -0.05) is 24.3 Å². The third-order valence-corrected chi connectivity index (χ3v) is 10.9. The van der Waals surface area contributed by atoms with Crippen molar-refractivity contribution in [2.75, 3.05) is 24.5 Å². The van der Waals surface area contributed by atoms with Crippen LogP contribution in [0.4, 0.5) is 5.95 Å². The Kier molecular flexibility index (Phi) is 3.75. The van der Waals surface area contributed by atoms with Crippen LogP contribution < -0.4 is 4.90 Å². The predicted octanol–water partition coefficient (Wildman–Crippen LogP) is 4.68. The molecule has 8 rings (SSSR count). The molecule has 5 fully saturated rings. The third kappa shape index (κ3) is 2.36. The molecule has 4 nitrogen and oxygen atoms in total. The molecule has 1 aromatic heterocycles. The minimum Gasteiger partial charge on any atom is -0.337 e. The highest BCUT2D eigenvalue weighted by atomic mass is 15.3. The van der Waals surface area contributed by atoms with Crippen molar-refractivity contribution < 1.29 is 0 Å². The Hall–Kier alpha value is -1.94. The van der Waals surface area contributed by atoms with Crippen molar-refractivity contribution in [2.24, 2.45) is 23.2 Å². The number of anilines is 1. The Morgan fingerprint density at radius 2 is 1.85 bits per heavy atom. The molecule has 0 amide bonds. The number of rotatable bonds is 3. The zero-order chi connectivity index (χ0) is 21.9. The SMILES string of the molecule is Cc1cc(C)nc(N2C[C@H]3CC45CCC2C3C42CCN(CC3CC3)C5Cc3ccccc32)n1. The topological polar surface area (TPSA) is 32.3 Å². The summed E-state index contributed by atoms with van der Waals surface area (Å²) in [5.41, 5.74) is 6.49. The van der Waals surface area contributed by atoms with Crippen LogP contribution in [0.15, 0.2) is 30.3 Å². The normalized spacial score (nSPS) is 40.6. The van der Waals surface area contributed by atoms with E-state index in [1.807, 2.05) is 0 Å². The Labute approximate surface area is 197 Å². The lowest BCUT2D eigenvalue weighted by atomic mass is 9.43. The molecule has 2 aliphatic heterocycles. The Balaban J connectivity index is 1.27. The summed E-state index contributed by atoms with van der Waals surface area (Å²) in [4.78, 5) is 15.5. The summed E-state index contributed by atoms with van der Waals surface area (Å²) in [5, 5.41) is 0. The predicted molar refractivity (Wildman–Crippen MR) is 130 cm³/mol. The van der Waals surface area contributed by atoms with E-state index >= 15 is 0 Å². The molecule has 0 spiro atoms. The van der Waals surface area contributed by atoms with Gasteiger partial charge in [-0.2, -0.15) is 0 Å². The highest BCUT2D eigenvalue weighted by Gasteiger charge is 2.76. The summed E-state index contributed by atoms with van der Waals surface area (Å²) in [6.45, 7) is 8.09. The maximum absolute atomic E-state index is 4.94. The molecule has 4 aliphatic carbocycles. The Morgan fingerprint density at radius 3 is 2.67 bits per heavy atom. The van der Waals surface area contributed by atoms with Gasteiger partial charge in [-0.05, 0) is 106 Å². The van der Waals surface area contributed by atoms with Gasteiger partial charge in [-0.3, -0.25) is 4.90 Å². The lowest BCUT2D eigenvalue weighted by Crippen LogP contribution is -2.69. The van der Waals surface area contributed by atoms with Gasteiger partial charge < -0.3 is 4.90 Å². The zero-order valence-corrected chi connectivity index (χ0v) is 20.1. The summed E-state index contributed by atoms with van der Waals surface area (Å²) in [5.74, 6) is 3.54. The van der Waals surface area contributed by atoms with Crippen molar-refractivity contribution in [3.05, 3.63) is 52.8 Å². The maximum atomic E-state index is 4.94. The lowest BCUT2D eigenvalue weighted by molar-refractivity contribution is -0.0920. The van der Waals surface area contributed by atoms with Crippen LogP contribution in [0.25, 0.3) is 0 Å². The summed E-state index contributed by atoms with van der Waals surface area (Å²) in [6.07, 6.45) is 9.74. The number of hydrogen-bond donors (Lipinski definition) is 0. The third-order valence-electron chi connectivity index (χ3n) is 10.9. The van der Waals surface area contributed by atoms with Gasteiger partial charge in [0.1, 0.15) is 0 Å². The highest BCUT2D eigenvalue weighted by molar-refractivity contribution is 5.51. The minimum absolute atomic E-state index is 0.369. The molecule has 4 heteroatoms. The smallest absolute Gasteiger partial charge is 0.226 e. The fourth-order valence-electron chi connectivity index (χ4n) is 9.99. The lowest BCUT2D eigenvalue weighted by Gasteiger charge is -2.66. The first-order valence-electron chi connectivity index (χ1n) is 13.5. The molecule has 5 unspecified atom stereocenters. The second-order valence-corrected chi connectivity index (χ2v) is 12.4. The molecule has 6 aliphatic rings. The van der Waals surface area contributed by atoms with Crippen molar-refractivity contribution in [1.82, 2.24) is 14.9 Å². The van der Waals surface area contributed by atoms with Crippen LogP contribution in [0.3, 0.4) is 0 Å². The first-order chi connectivity index (χ1) is 16.1. The first-order valence-corrected chi connectivity index (χ1v) is 13.5. The molecule has 172 valence electrons. The van der Waals surface area contributed by atoms with Crippen molar-refractivity contribution in [3.8, 4) is 0 Å². The van der Waals surface area contributed by atoms with E-state index in [0.717, 1.165) is 41.1 Å². The quantitative estimate of drug-likeness (QED) is 0.694. The van der Waals surface area contributed by atoms with Gasteiger partial charge in [0, 0.05) is 42.0 Å². The van der Waals surface area contributed by atoms with Gasteiger partial charge >= 0.3 is 0 Å². The van der Waals surface area contributed by atoms with Crippen molar-refractivity contribution in [3.63, 3.8) is 0 Å². The van der Waals surface area contributed by atoms with E-state index in [1.165, 1.54) is 64.6 Å². The number of aryl methyl sites for hydroxylation is 2. The van der Waals surface area contributed by atoms with Gasteiger partial charge in [-0.15, -0.1) is 0 Å². The molecule has 2 saturated heterocycles. The van der Waals surface area contributed by atoms with E-state index < -0.39 is 0 Å². The van der Waals surface area contributed by atoms with E-state index in [9.17, 15) is 0 Å². The molecule has 6 atom stereocenters. The molecule has 4 bridgehead atoms. The summed E-state index contributed by atoms with van der Waals surface area (Å²) >= 11 is 0. The summed E-state index contributed by atoms with van der Waals surface area (Å²) < 4.78 is 0. The number of fused-ring (bicyclic) bond motifs is 1. The number of aromatic nitrogens is 2. The van der Waals surface area contributed by atoms with Crippen molar-refractivity contribution >= 4 is 5.95 Å². The largest absolute Gasteiger partial charge is 0.337 e. The number of benzene rings is 1. The van der Waals surface area contributed by atoms with Crippen LogP contribution in [-0.2, 0) is 11.8 Å². The highest BCUT2D eigenvalue weighted by Crippen LogP contribution is 2.75. The molecule has 2 aromatic rings. The van der Waals surface area contributed by atoms with Crippen LogP contribution >= 0.6 is 0 Å². The number of likely N-dealkylation sites (tertiary alicyclic amines) is 1. The van der Waals surface area contributed by atoms with Crippen LogP contribution in [0.2, 0.25) is 0 Å². The van der Waals surface area contributed by atoms with Crippen molar-refractivity contribution in [1.29, 1.82) is 0 Å². The van der Waals surface area contributed by atoms with Crippen LogP contribution in [0.1, 0.15) is 61.0 Å². The van der Waals surface area contributed by atoms with E-state index in [1.54, 1.807) is 11.1 Å². The average Bonchev–Trinajstić information content (AvgIpc) is 3.48. The van der Waals surface area contributed by atoms with E-state index in [4.69, 9.17) is 9.97 Å². The fraction of sp³-hybridized carbons (Fsp3) is 0.655. The monoisotopic (exact) mass is 440 g/mol. The average molecular weight is 441 g/mol. The summed E-state index contributed by atoms with van der Waals surface area (Å²) in [7, 11) is 0. The van der Waals surface area contributed by atoms with Gasteiger partial charge in [0.05, 0.1) is 0 Å². The zero-order valence-electron chi connectivity index (χ0n) is 20.1. The molecular weight excluding hydrogens is 404 g/mol. The van der Waals surface area contributed by atoms with Crippen LogP contribution in [-0.4, -0.2) is 46.6 Å². The van der Waals surface area contributed by atoms with Crippen molar-refractivity contribution in [2.45, 2.75) is 76.3 Å². The molecule has 1 aromatic carbocycles. The number of piperidine rings is 1. The molecule has 0 N–H and O–H groups in total. The van der Waals surface area contributed by atoms with Gasteiger partial charge in [0.2, 0.25) is 5.95 Å². The minimum atomic E-state index is 0.369. The molecule has 3 heterocycles. The van der Waals surface area contributed by atoms with E-state index in [-0.39, 0.29) is 0 Å². The van der Waals surface area contributed by atoms with Crippen LogP contribution in [0.5, 0.6) is 0 Å². The second kappa shape index (κ2) is 6.38. The van der Waals surface area contributed by atoms with E-state index in [2.05, 4.69) is 54.0 Å². The van der Waals surface area contributed by atoms with Gasteiger partial charge in [-0.25, -0.2) is 9.97 Å². The second-order valence-electron chi connectivity index (χ2n) is 12.4. The standard InChI is InChI=1S/C29H36N4/c1-18-13-19(2)31-27(30-18)33-17-22-15-28-10-9-24(33)26(22)29(28)11-12-32(16-20-7-8-20)25(28)14-21-5-3-4-6-23(21)29/h3-6,13,20,22,24-26H,7-12,14-17H2,1-2H3/t22-,24?,25?,26?,28?,29?/m1/s1. The van der Waals surface area contributed by atoms with Crippen LogP contribution in [0, 0.1) is 37.0 Å². The number of nitrogens with zero attached hydrogens (tertiary/aromatic N) is 4. The molecular formula is C29H36N4. The molecule has 33 heavy (non-hydrogen) atoms.